The second-order valence-corrected chi connectivity index (χ2v) is 41.6. The Bertz CT molecular complexity index is 4730. The highest BCUT2D eigenvalue weighted by Gasteiger charge is 2.33. The first-order chi connectivity index (χ1) is 52.0. The quantitative estimate of drug-likeness (QED) is 0.0461. The summed E-state index contributed by atoms with van der Waals surface area (Å²) >= 11 is 0. The summed E-state index contributed by atoms with van der Waals surface area (Å²) in [4.78, 5) is 29.6. The van der Waals surface area contributed by atoms with Crippen LogP contribution in [0.5, 0.6) is 0 Å². The lowest BCUT2D eigenvalue weighted by Crippen LogP contribution is -2.30. The fourth-order valence-electron chi connectivity index (χ4n) is 17.2. The molecule has 1 atom stereocenters. The number of fused-ring (bicyclic) bond motifs is 16. The average Bonchev–Trinajstić information content (AvgIpc) is 0.757. The van der Waals surface area contributed by atoms with E-state index in [-0.39, 0.29) is 148 Å². The lowest BCUT2D eigenvalue weighted by molar-refractivity contribution is -0.123. The molecule has 650 valence electrons. The first-order valence-corrected chi connectivity index (χ1v) is 42.0. The molecule has 10 rings (SSSR count). The molecule has 0 saturated carbocycles. The van der Waals surface area contributed by atoms with Crippen molar-refractivity contribution < 1.29 is 9.59 Å². The van der Waals surface area contributed by atoms with Crippen molar-refractivity contribution in [3.05, 3.63) is 276 Å². The van der Waals surface area contributed by atoms with Crippen LogP contribution in [0.3, 0.4) is 0 Å². The highest BCUT2D eigenvalue weighted by atomic mass is 35.5. The third-order valence-corrected chi connectivity index (χ3v) is 24.6. The molecule has 16 bridgehead atoms. The zero-order valence-electron chi connectivity index (χ0n) is 76.1. The van der Waals surface area contributed by atoms with Crippen LogP contribution in [0.2, 0.25) is 0 Å². The molecule has 16 heteroatoms. The molecule has 0 saturated heterocycles. The molecule has 0 spiro atoms. The van der Waals surface area contributed by atoms with Gasteiger partial charge in [0.2, 0.25) is 11.8 Å². The van der Waals surface area contributed by atoms with E-state index in [4.69, 9.17) is 34.4 Å². The summed E-state index contributed by atoms with van der Waals surface area (Å²) in [6, 6.07) is 40.9. The number of carbonyl (C=O) groups is 2. The Morgan fingerprint density at radius 3 is 0.729 bits per heavy atom. The largest absolute Gasteiger partial charge is 0.355 e. The van der Waals surface area contributed by atoms with Crippen LogP contribution in [-0.4, -0.2) is 18.4 Å². The van der Waals surface area contributed by atoms with Gasteiger partial charge in [0.05, 0.1) is 0 Å². The molecule has 0 fully saturated rings. The minimum Gasteiger partial charge on any atom is -0.355 e. The molecule has 0 aliphatic heterocycles. The van der Waals surface area contributed by atoms with Crippen LogP contribution in [0.1, 0.15) is 370 Å². The van der Waals surface area contributed by atoms with Gasteiger partial charge in [-0.05, 0) is 274 Å². The fourth-order valence-corrected chi connectivity index (χ4v) is 17.2. The van der Waals surface area contributed by atoms with Crippen LogP contribution in [0.25, 0.3) is 0 Å². The van der Waals surface area contributed by atoms with Crippen LogP contribution in [0, 0.1) is 0 Å². The maximum Gasteiger partial charge on any atom is 0.220 e. The third kappa shape index (κ3) is 24.6. The Kier molecular flexibility index (Phi) is 36.0. The fraction of sp³-hybridized carbons (Fsp3) is 0.510. The summed E-state index contributed by atoms with van der Waals surface area (Å²) in [5, 5.41) is 7.02. The number of hydrogen-bond acceptors (Lipinski definition) is 8. The van der Waals surface area contributed by atoms with Crippen molar-refractivity contribution in [2.45, 2.75) is 332 Å². The molecule has 2 aliphatic carbocycles. The van der Waals surface area contributed by atoms with Gasteiger partial charge in [-0.2, -0.15) is 0 Å². The molecule has 0 radical (unpaired) electrons. The van der Waals surface area contributed by atoms with Crippen LogP contribution >= 0.6 is 74.4 Å². The van der Waals surface area contributed by atoms with Crippen LogP contribution in [0.4, 0.5) is 0 Å². The van der Waals surface area contributed by atoms with Gasteiger partial charge in [-0.25, -0.2) is 0 Å². The van der Waals surface area contributed by atoms with Gasteiger partial charge in [0, 0.05) is 71.1 Å². The number of halogens is 6. The zero-order chi connectivity index (χ0) is 82.5. The number of unbranched alkanes of at least 4 members (excludes halogenated alkanes) is 1. The van der Waals surface area contributed by atoms with Gasteiger partial charge in [-0.15, -0.1) is 74.4 Å². The third-order valence-electron chi connectivity index (χ3n) is 24.6. The van der Waals surface area contributed by atoms with E-state index in [1.54, 1.807) is 0 Å². The van der Waals surface area contributed by atoms with Crippen molar-refractivity contribution in [3.8, 4) is 0 Å². The van der Waals surface area contributed by atoms with Crippen molar-refractivity contribution in [1.29, 1.82) is 0 Å². The van der Waals surface area contributed by atoms with E-state index < -0.39 is 0 Å². The van der Waals surface area contributed by atoms with Gasteiger partial charge < -0.3 is 45.0 Å². The minimum atomic E-state index is -0.270. The lowest BCUT2D eigenvalue weighted by atomic mass is 9.75. The predicted molar refractivity (Wildman–Crippen MR) is 517 cm³/mol. The molecule has 0 aromatic heterocycles. The number of nitrogens with two attached hydrogens (primary N) is 6. The topological polar surface area (TPSA) is 214 Å². The standard InChI is InChI=1S/C102H142N8O2.6ClH/c1-95(2,3)76-31-61-29-62-38-77(96(4,5)6)40-64(85(62)53-103)32-65-41-79(98(10,11)12)46-70(87(65)55-105)35-73-49-83(102(22,23)24)52-84(90(73)58-108)92(63(30-61)39-76)60-110-94(112)28-26-25-27-93(111)109-59-91-74-36-71-47-80(99(13,14)15)44-68(88(71)56-106)33-66-42-78(97(7,8)9)43-67(86(66)54-104)34-69-45-81(100(16,17)18)48-72(89(69)57-107)37-75(91)51-82(50-74)101(19,20)21;;;;;;/h30-31,38-52,92H,25-29,32-37,53-60,103-108H2,1-24H3,(H,109,111)(H,110,112);6*1H. The molecule has 14 N–H and O–H groups in total. The maximum atomic E-state index is 14.8. The smallest absolute Gasteiger partial charge is 0.220 e. The zero-order valence-corrected chi connectivity index (χ0v) is 81.0. The molecule has 10 nitrogen and oxygen atoms in total. The molecule has 1 unspecified atom stereocenters. The van der Waals surface area contributed by atoms with Gasteiger partial charge in [-0.3, -0.25) is 9.59 Å². The van der Waals surface area contributed by atoms with E-state index >= 15 is 0 Å². The van der Waals surface area contributed by atoms with E-state index in [1.165, 1.54) is 139 Å². The van der Waals surface area contributed by atoms with E-state index in [0.717, 1.165) is 33.4 Å². The summed E-state index contributed by atoms with van der Waals surface area (Å²) in [5.74, 6) is -0.365. The molecule has 118 heavy (non-hydrogen) atoms. The number of benzene rings is 8. The minimum absolute atomic E-state index is 0. The monoisotopic (exact) mass is 1730 g/mol. The van der Waals surface area contributed by atoms with Crippen LogP contribution in [0.15, 0.2) is 103 Å². The van der Waals surface area contributed by atoms with Crippen LogP contribution < -0.4 is 45.0 Å². The Morgan fingerprint density at radius 1 is 0.271 bits per heavy atom. The Morgan fingerprint density at radius 2 is 0.483 bits per heavy atom. The number of rotatable bonds is 15. The number of hydrogen-bond donors (Lipinski definition) is 8. The molecule has 8 aromatic rings. The summed E-state index contributed by atoms with van der Waals surface area (Å²) in [6.45, 7) is 58.1. The predicted octanol–water partition coefficient (Wildman–Crippen LogP) is 22.2. The van der Waals surface area contributed by atoms with Crippen molar-refractivity contribution in [3.63, 3.8) is 0 Å². The summed E-state index contributed by atoms with van der Waals surface area (Å²) in [7, 11) is 0. The maximum absolute atomic E-state index is 14.8. The molecule has 0 heterocycles. The second-order valence-electron chi connectivity index (χ2n) is 41.6. The van der Waals surface area contributed by atoms with E-state index in [2.05, 4.69) is 280 Å². The van der Waals surface area contributed by atoms with Crippen molar-refractivity contribution in [2.75, 3.05) is 6.54 Å². The summed E-state index contributed by atoms with van der Waals surface area (Å²) in [5.41, 5.74) is 78.2. The van der Waals surface area contributed by atoms with Crippen molar-refractivity contribution >= 4 is 86.3 Å². The number of carbonyl (C=O) groups excluding carboxylic acids is 2. The highest BCUT2D eigenvalue weighted by molar-refractivity contribution is 5.86. The van der Waals surface area contributed by atoms with Gasteiger partial charge in [0.15, 0.2) is 0 Å². The SMILES string of the molecule is CC(C)(C)c1cc2cc(c1)C(CNC(=O)CCCCC(=O)NCc1c3cc(C(C)(C)C)cc1Cc1cc(C(C)(C)C)cc(c1CN)Cc1cc(C(C)(C)C)cc(c1CN)Cc1cc(C(C)(C)C)cc(c1CN)C3)c1cc(C(C)(C)C)cc(c1CN)Cc1cc(C(C)(C)C)cc(c1CN)Cc1cc(C(C)(C)C)cc(c1CN)C2.Cl.Cl.Cl.Cl.Cl.Cl. The Balaban J connectivity index is 0.00000488. The summed E-state index contributed by atoms with van der Waals surface area (Å²) in [6.07, 6.45) is 6.29. The van der Waals surface area contributed by atoms with Crippen LogP contribution in [-0.2, 0) is 144 Å². The molecular formula is C102H148Cl6N8O2. The molecule has 8 aromatic carbocycles. The highest BCUT2D eigenvalue weighted by Crippen LogP contribution is 2.44. The summed E-state index contributed by atoms with van der Waals surface area (Å²) < 4.78 is 0. The van der Waals surface area contributed by atoms with E-state index in [1.807, 2.05) is 0 Å². The van der Waals surface area contributed by atoms with Crippen molar-refractivity contribution in [2.24, 2.45) is 34.4 Å². The molecular weight excluding hydrogens is 1580 g/mol. The normalized spacial score (nSPS) is 13.9. The first kappa shape index (κ1) is 105. The van der Waals surface area contributed by atoms with E-state index in [9.17, 15) is 9.59 Å². The van der Waals surface area contributed by atoms with Crippen molar-refractivity contribution in [1.82, 2.24) is 10.6 Å². The molecule has 2 amide bonds. The van der Waals surface area contributed by atoms with Gasteiger partial charge in [-0.1, -0.05) is 269 Å². The van der Waals surface area contributed by atoms with Gasteiger partial charge in [0.25, 0.3) is 0 Å². The van der Waals surface area contributed by atoms with E-state index in [0.29, 0.717) is 110 Å². The second kappa shape index (κ2) is 40.7. The lowest BCUT2D eigenvalue weighted by Gasteiger charge is -2.31. The van der Waals surface area contributed by atoms with Gasteiger partial charge >= 0.3 is 0 Å². The van der Waals surface area contributed by atoms with Gasteiger partial charge in [0.1, 0.15) is 0 Å². The first-order valence-electron chi connectivity index (χ1n) is 42.0. The average molecular weight is 1730 g/mol. The Labute approximate surface area is 749 Å². The Hall–Kier alpha value is -5.80. The number of amides is 2. The number of nitrogens with one attached hydrogen (secondary N) is 2. The molecule has 2 aliphatic rings.